The summed E-state index contributed by atoms with van der Waals surface area (Å²) in [6.07, 6.45) is 2.67. The van der Waals surface area contributed by atoms with E-state index in [2.05, 4.69) is 5.32 Å². The Bertz CT molecular complexity index is 1270. The third-order valence-corrected chi connectivity index (χ3v) is 8.44. The van der Waals surface area contributed by atoms with Crippen molar-refractivity contribution in [2.24, 2.45) is 0 Å². The fourth-order valence-corrected chi connectivity index (χ4v) is 6.19. The minimum atomic E-state index is -3.71. The predicted molar refractivity (Wildman–Crippen MR) is 124 cm³/mol. The molecule has 0 saturated heterocycles. The second-order valence-corrected chi connectivity index (χ2v) is 10.4. The van der Waals surface area contributed by atoms with Crippen LogP contribution in [-0.2, 0) is 27.6 Å². The van der Waals surface area contributed by atoms with Crippen molar-refractivity contribution in [3.63, 3.8) is 0 Å². The highest BCUT2D eigenvalue weighted by Crippen LogP contribution is 2.39. The summed E-state index contributed by atoms with van der Waals surface area (Å²) in [4.78, 5) is 26.4. The first-order valence-electron chi connectivity index (χ1n) is 10.0. The molecule has 2 aromatic carbocycles. The lowest BCUT2D eigenvalue weighted by Gasteiger charge is -2.19. The number of thiophene rings is 1. The van der Waals surface area contributed by atoms with Crippen LogP contribution in [0.2, 0.25) is 0 Å². The third kappa shape index (κ3) is 4.01. The number of hydrogen-bond acceptors (Lipinski definition) is 6. The van der Waals surface area contributed by atoms with Gasteiger partial charge in [-0.15, -0.1) is 11.3 Å². The Kier molecular flexibility index (Phi) is 6.03. The summed E-state index contributed by atoms with van der Waals surface area (Å²) in [5.74, 6) is -0.835. The van der Waals surface area contributed by atoms with E-state index in [4.69, 9.17) is 4.74 Å². The lowest BCUT2D eigenvalue weighted by atomic mass is 10.1. The molecule has 1 heterocycles. The Morgan fingerprint density at radius 2 is 1.72 bits per heavy atom. The van der Waals surface area contributed by atoms with Crippen LogP contribution in [0.25, 0.3) is 0 Å². The van der Waals surface area contributed by atoms with Crippen LogP contribution < -0.4 is 9.62 Å². The molecule has 1 aliphatic rings. The Hall–Kier alpha value is -3.17. The summed E-state index contributed by atoms with van der Waals surface area (Å²) in [7, 11) is -0.917. The number of nitrogens with zero attached hydrogens (tertiary/aromatic N) is 1. The molecule has 1 aromatic heterocycles. The number of methoxy groups -OCH3 is 1. The van der Waals surface area contributed by atoms with Crippen LogP contribution in [0, 0.1) is 0 Å². The fourth-order valence-electron chi connectivity index (χ4n) is 3.70. The van der Waals surface area contributed by atoms with Gasteiger partial charge in [0.15, 0.2) is 0 Å². The summed E-state index contributed by atoms with van der Waals surface area (Å²) in [5.41, 5.74) is 2.17. The zero-order chi connectivity index (χ0) is 22.9. The van der Waals surface area contributed by atoms with Crippen LogP contribution >= 0.6 is 11.3 Å². The third-order valence-electron chi connectivity index (χ3n) is 5.43. The Labute approximate surface area is 190 Å². The second-order valence-electron chi connectivity index (χ2n) is 7.34. The second kappa shape index (κ2) is 8.76. The maximum atomic E-state index is 12.8. The number of benzene rings is 2. The number of ether oxygens (including phenoxy) is 1. The van der Waals surface area contributed by atoms with Gasteiger partial charge in [-0.1, -0.05) is 18.2 Å². The molecule has 7 nitrogen and oxygen atoms in total. The molecule has 9 heteroatoms. The van der Waals surface area contributed by atoms with Crippen LogP contribution in [0.4, 0.5) is 10.7 Å². The van der Waals surface area contributed by atoms with E-state index in [9.17, 15) is 18.0 Å². The lowest BCUT2D eigenvalue weighted by Crippen LogP contribution is -2.26. The Balaban J connectivity index is 1.54. The molecule has 0 radical (unpaired) electrons. The fraction of sp³-hybridized carbons (Fsp3) is 0.217. The molecular weight excluding hydrogens is 448 g/mol. The number of hydrogen-bond donors (Lipinski definition) is 1. The average molecular weight is 471 g/mol. The quantitative estimate of drug-likeness (QED) is 0.548. The van der Waals surface area contributed by atoms with Gasteiger partial charge in [-0.05, 0) is 61.2 Å². The van der Waals surface area contributed by atoms with Gasteiger partial charge in [-0.3, -0.25) is 9.10 Å². The van der Waals surface area contributed by atoms with Crippen molar-refractivity contribution < 1.29 is 22.7 Å². The molecule has 166 valence electrons. The smallest absolute Gasteiger partial charge is 0.341 e. The van der Waals surface area contributed by atoms with Gasteiger partial charge < -0.3 is 10.1 Å². The van der Waals surface area contributed by atoms with Crippen LogP contribution in [0.15, 0.2) is 59.5 Å². The molecule has 0 bridgehead atoms. The van der Waals surface area contributed by atoms with Gasteiger partial charge >= 0.3 is 5.97 Å². The van der Waals surface area contributed by atoms with Crippen LogP contribution in [0.3, 0.4) is 0 Å². The zero-order valence-corrected chi connectivity index (χ0v) is 19.3. The van der Waals surface area contributed by atoms with Crippen molar-refractivity contribution in [3.8, 4) is 0 Å². The molecule has 0 atom stereocenters. The zero-order valence-electron chi connectivity index (χ0n) is 17.6. The molecule has 3 aromatic rings. The van der Waals surface area contributed by atoms with E-state index in [-0.39, 0.29) is 10.8 Å². The standard InChI is InChI=1S/C23H22N2O5S2/c1-25(32(28,29)17-7-4-3-5-8-17)16-13-11-15(12-14-16)21(26)24-22-20(23(27)30-2)18-9-6-10-19(18)31-22/h3-5,7-8,11-14H,6,9-10H2,1-2H3,(H,24,26). The molecular formula is C23H22N2O5S2. The first-order valence-corrected chi connectivity index (χ1v) is 12.3. The van der Waals surface area contributed by atoms with Crippen molar-refractivity contribution in [1.29, 1.82) is 0 Å². The molecule has 0 spiro atoms. The first kappa shape index (κ1) is 22.0. The van der Waals surface area contributed by atoms with E-state index in [1.165, 1.54) is 41.9 Å². The SMILES string of the molecule is COC(=O)c1c(NC(=O)c2ccc(N(C)S(=O)(=O)c3ccccc3)cc2)sc2c1CCC2. The molecule has 0 aliphatic heterocycles. The number of carbonyl (C=O) groups excluding carboxylic acids is 2. The maximum Gasteiger partial charge on any atom is 0.341 e. The normalized spacial score (nSPS) is 12.8. The van der Waals surface area contributed by atoms with E-state index in [1.807, 2.05) is 0 Å². The Morgan fingerprint density at radius 3 is 2.38 bits per heavy atom. The molecule has 0 unspecified atom stereocenters. The van der Waals surface area contributed by atoms with Crippen LogP contribution in [-0.4, -0.2) is 34.5 Å². The van der Waals surface area contributed by atoms with Crippen molar-refractivity contribution in [2.45, 2.75) is 24.2 Å². The number of amides is 1. The number of fused-ring (bicyclic) bond motifs is 1. The largest absolute Gasteiger partial charge is 0.465 e. The van der Waals surface area contributed by atoms with Gasteiger partial charge in [0.1, 0.15) is 5.00 Å². The monoisotopic (exact) mass is 470 g/mol. The van der Waals surface area contributed by atoms with E-state index in [1.54, 1.807) is 42.5 Å². The number of anilines is 2. The topological polar surface area (TPSA) is 92.8 Å². The summed E-state index contributed by atoms with van der Waals surface area (Å²) in [6, 6.07) is 14.4. The molecule has 0 saturated carbocycles. The van der Waals surface area contributed by atoms with Crippen LogP contribution in [0.5, 0.6) is 0 Å². The van der Waals surface area contributed by atoms with E-state index < -0.39 is 16.0 Å². The molecule has 1 N–H and O–H groups in total. The van der Waals surface area contributed by atoms with Crippen LogP contribution in [0.1, 0.15) is 37.6 Å². The summed E-state index contributed by atoms with van der Waals surface area (Å²) < 4.78 is 31.7. The average Bonchev–Trinajstić information content (AvgIpc) is 3.39. The number of carbonyl (C=O) groups is 2. The summed E-state index contributed by atoms with van der Waals surface area (Å²) in [6.45, 7) is 0. The van der Waals surface area contributed by atoms with Gasteiger partial charge in [0.2, 0.25) is 0 Å². The number of nitrogens with one attached hydrogen (secondary N) is 1. The van der Waals surface area contributed by atoms with E-state index in [0.717, 1.165) is 29.7 Å². The molecule has 4 rings (SSSR count). The molecule has 32 heavy (non-hydrogen) atoms. The Morgan fingerprint density at radius 1 is 1.03 bits per heavy atom. The van der Waals surface area contributed by atoms with Crippen molar-refractivity contribution in [1.82, 2.24) is 0 Å². The van der Waals surface area contributed by atoms with Gasteiger partial charge in [0.05, 0.1) is 23.3 Å². The number of rotatable bonds is 6. The van der Waals surface area contributed by atoms with Crippen molar-refractivity contribution in [2.75, 3.05) is 23.8 Å². The van der Waals surface area contributed by atoms with E-state index >= 15 is 0 Å². The highest BCUT2D eigenvalue weighted by atomic mass is 32.2. The van der Waals surface area contributed by atoms with Gasteiger partial charge in [0, 0.05) is 17.5 Å². The van der Waals surface area contributed by atoms with E-state index in [0.29, 0.717) is 21.8 Å². The first-order chi connectivity index (χ1) is 15.3. The van der Waals surface area contributed by atoms with Gasteiger partial charge in [-0.2, -0.15) is 0 Å². The number of esters is 1. The minimum absolute atomic E-state index is 0.186. The van der Waals surface area contributed by atoms with Gasteiger partial charge in [0.25, 0.3) is 15.9 Å². The highest BCUT2D eigenvalue weighted by molar-refractivity contribution is 7.92. The lowest BCUT2D eigenvalue weighted by molar-refractivity contribution is 0.0601. The summed E-state index contributed by atoms with van der Waals surface area (Å²) in [5, 5.41) is 3.31. The maximum absolute atomic E-state index is 12.8. The predicted octanol–water partition coefficient (Wildman–Crippen LogP) is 4.10. The highest BCUT2D eigenvalue weighted by Gasteiger charge is 2.28. The van der Waals surface area contributed by atoms with Crippen molar-refractivity contribution >= 4 is 43.9 Å². The van der Waals surface area contributed by atoms with Gasteiger partial charge in [-0.25, -0.2) is 13.2 Å². The summed E-state index contributed by atoms with van der Waals surface area (Å²) >= 11 is 1.40. The minimum Gasteiger partial charge on any atom is -0.465 e. The molecule has 1 amide bonds. The van der Waals surface area contributed by atoms with Crippen molar-refractivity contribution in [3.05, 3.63) is 76.2 Å². The molecule has 1 aliphatic carbocycles. The number of aryl methyl sites for hydroxylation is 1. The number of sulfonamides is 1. The molecule has 0 fully saturated rings.